The van der Waals surface area contributed by atoms with Crippen LogP contribution >= 0.6 is 0 Å². The average Bonchev–Trinajstić information content (AvgIpc) is 2.53. The molecule has 0 bridgehead atoms. The summed E-state index contributed by atoms with van der Waals surface area (Å²) < 4.78 is 2.25. The molecule has 1 unspecified atom stereocenters. The molecule has 24 heavy (non-hydrogen) atoms. The van der Waals surface area contributed by atoms with Crippen molar-refractivity contribution in [3.05, 3.63) is 61.3 Å². The van der Waals surface area contributed by atoms with Crippen molar-refractivity contribution in [1.29, 1.82) is 5.26 Å². The van der Waals surface area contributed by atoms with E-state index in [-0.39, 0.29) is 17.4 Å². The number of hydrogen-bond acceptors (Lipinski definition) is 4. The van der Waals surface area contributed by atoms with Crippen molar-refractivity contribution in [2.24, 2.45) is 14.1 Å². The lowest BCUT2D eigenvalue weighted by atomic mass is 10.00. The summed E-state index contributed by atoms with van der Waals surface area (Å²) in [4.78, 5) is 24.2. The van der Waals surface area contributed by atoms with Crippen LogP contribution in [-0.4, -0.2) is 15.2 Å². The summed E-state index contributed by atoms with van der Waals surface area (Å²) in [5.74, 6) is 0.267. The maximum Gasteiger partial charge on any atom is 0.332 e. The minimum absolute atomic E-state index is 0.0452. The van der Waals surface area contributed by atoms with Crippen molar-refractivity contribution in [2.45, 2.75) is 33.2 Å². The van der Waals surface area contributed by atoms with Crippen LogP contribution in [0.1, 0.15) is 29.2 Å². The van der Waals surface area contributed by atoms with Gasteiger partial charge in [-0.2, -0.15) is 5.26 Å². The Labute approximate surface area is 141 Å². The zero-order valence-corrected chi connectivity index (χ0v) is 14.7. The second-order valence-corrected chi connectivity index (χ2v) is 6.22. The van der Waals surface area contributed by atoms with Gasteiger partial charge in [0.2, 0.25) is 0 Å². The van der Waals surface area contributed by atoms with Gasteiger partial charge in [0.25, 0.3) is 5.56 Å². The topological polar surface area (TPSA) is 79.8 Å². The molecule has 1 heterocycles. The number of hydrogen-bond donors (Lipinski definition) is 1. The SMILES string of the molecule is Cc1ccc(CC(C)Nc2c(C#N)c(=O)n(C)c(=O)n2C)c(C)c1. The number of nitrogens with zero attached hydrogens (tertiary/aromatic N) is 3. The Morgan fingerprint density at radius 2 is 1.88 bits per heavy atom. The molecule has 0 saturated heterocycles. The second-order valence-electron chi connectivity index (χ2n) is 6.22. The van der Waals surface area contributed by atoms with Gasteiger partial charge >= 0.3 is 5.69 Å². The largest absolute Gasteiger partial charge is 0.367 e. The fourth-order valence-corrected chi connectivity index (χ4v) is 2.80. The Morgan fingerprint density at radius 1 is 1.21 bits per heavy atom. The molecule has 126 valence electrons. The number of nitrogens with one attached hydrogen (secondary N) is 1. The van der Waals surface area contributed by atoms with Gasteiger partial charge in [-0.1, -0.05) is 23.8 Å². The Bertz CT molecular complexity index is 932. The number of rotatable bonds is 4. The number of anilines is 1. The molecule has 0 fully saturated rings. The molecular formula is C18H22N4O2. The fraction of sp³-hybridized carbons (Fsp3) is 0.389. The monoisotopic (exact) mass is 326 g/mol. The molecular weight excluding hydrogens is 304 g/mol. The van der Waals surface area contributed by atoms with Gasteiger partial charge in [-0.25, -0.2) is 4.79 Å². The van der Waals surface area contributed by atoms with E-state index in [2.05, 4.69) is 30.4 Å². The standard InChI is InChI=1S/C18H22N4O2/c1-11-6-7-14(12(2)8-11)9-13(3)20-16-15(10-19)17(23)22(5)18(24)21(16)4/h6-8,13,20H,9H2,1-5H3. The highest BCUT2D eigenvalue weighted by Crippen LogP contribution is 2.15. The molecule has 6 nitrogen and oxygen atoms in total. The molecule has 2 rings (SSSR count). The molecule has 1 aromatic carbocycles. The van der Waals surface area contributed by atoms with E-state index in [1.807, 2.05) is 19.9 Å². The lowest BCUT2D eigenvalue weighted by Gasteiger charge is -2.20. The van der Waals surface area contributed by atoms with Crippen molar-refractivity contribution in [3.63, 3.8) is 0 Å². The van der Waals surface area contributed by atoms with Crippen LogP contribution < -0.4 is 16.6 Å². The Balaban J connectivity index is 2.36. The third-order valence-corrected chi connectivity index (χ3v) is 4.18. The van der Waals surface area contributed by atoms with Crippen LogP contribution in [0, 0.1) is 25.2 Å². The van der Waals surface area contributed by atoms with Crippen LogP contribution in [0.15, 0.2) is 27.8 Å². The lowest BCUT2D eigenvalue weighted by molar-refractivity contribution is 0.672. The summed E-state index contributed by atoms with van der Waals surface area (Å²) >= 11 is 0. The van der Waals surface area contributed by atoms with E-state index in [1.165, 1.54) is 28.3 Å². The molecule has 0 aliphatic heterocycles. The van der Waals surface area contributed by atoms with Gasteiger partial charge in [0, 0.05) is 20.1 Å². The van der Waals surface area contributed by atoms with Gasteiger partial charge in [0.05, 0.1) is 0 Å². The second kappa shape index (κ2) is 6.75. The maximum atomic E-state index is 12.1. The first kappa shape index (κ1) is 17.5. The number of aryl methyl sites for hydroxylation is 2. The predicted molar refractivity (Wildman–Crippen MR) is 94.3 cm³/mol. The highest BCUT2D eigenvalue weighted by Gasteiger charge is 2.17. The summed E-state index contributed by atoms with van der Waals surface area (Å²) in [6.45, 7) is 6.07. The summed E-state index contributed by atoms with van der Waals surface area (Å²) in [6.07, 6.45) is 0.723. The zero-order chi connectivity index (χ0) is 18.0. The van der Waals surface area contributed by atoms with E-state index < -0.39 is 11.2 Å². The smallest absolute Gasteiger partial charge is 0.332 e. The fourth-order valence-electron chi connectivity index (χ4n) is 2.80. The first-order valence-electron chi connectivity index (χ1n) is 7.79. The van der Waals surface area contributed by atoms with Crippen molar-refractivity contribution in [2.75, 3.05) is 5.32 Å². The normalized spacial score (nSPS) is 11.8. The molecule has 0 spiro atoms. The minimum Gasteiger partial charge on any atom is -0.367 e. The quantitative estimate of drug-likeness (QED) is 0.926. The maximum absolute atomic E-state index is 12.1. The van der Waals surface area contributed by atoms with Crippen LogP contribution in [0.4, 0.5) is 5.82 Å². The predicted octanol–water partition coefficient (Wildman–Crippen LogP) is 1.62. The molecule has 0 saturated carbocycles. The molecule has 1 N–H and O–H groups in total. The van der Waals surface area contributed by atoms with Crippen LogP contribution in [0.3, 0.4) is 0 Å². The van der Waals surface area contributed by atoms with E-state index in [0.717, 1.165) is 11.0 Å². The third-order valence-electron chi connectivity index (χ3n) is 4.18. The van der Waals surface area contributed by atoms with Crippen LogP contribution in [0.2, 0.25) is 0 Å². The Hall–Kier alpha value is -2.81. The lowest BCUT2D eigenvalue weighted by Crippen LogP contribution is -2.40. The Kier molecular flexibility index (Phi) is 4.93. The first-order valence-corrected chi connectivity index (χ1v) is 7.79. The van der Waals surface area contributed by atoms with Crippen LogP contribution in [0.5, 0.6) is 0 Å². The summed E-state index contributed by atoms with van der Waals surface area (Å²) in [7, 11) is 2.92. The van der Waals surface area contributed by atoms with Crippen molar-refractivity contribution >= 4 is 5.82 Å². The molecule has 0 amide bonds. The third kappa shape index (κ3) is 3.25. The summed E-state index contributed by atoms with van der Waals surface area (Å²) in [5, 5.41) is 12.5. The summed E-state index contributed by atoms with van der Waals surface area (Å²) in [5.41, 5.74) is 2.50. The molecule has 6 heteroatoms. The Morgan fingerprint density at radius 3 is 2.46 bits per heavy atom. The van der Waals surface area contributed by atoms with Gasteiger partial charge in [-0.05, 0) is 38.3 Å². The van der Waals surface area contributed by atoms with Gasteiger partial charge in [-0.3, -0.25) is 13.9 Å². The molecule has 0 aliphatic carbocycles. The van der Waals surface area contributed by atoms with E-state index in [9.17, 15) is 14.9 Å². The van der Waals surface area contributed by atoms with Crippen molar-refractivity contribution in [1.82, 2.24) is 9.13 Å². The zero-order valence-electron chi connectivity index (χ0n) is 14.7. The average molecular weight is 326 g/mol. The van der Waals surface area contributed by atoms with Crippen molar-refractivity contribution < 1.29 is 0 Å². The van der Waals surface area contributed by atoms with Gasteiger partial charge in [0.1, 0.15) is 11.9 Å². The summed E-state index contributed by atoms with van der Waals surface area (Å²) in [6, 6.07) is 8.12. The molecule has 1 atom stereocenters. The van der Waals surface area contributed by atoms with Crippen LogP contribution in [0.25, 0.3) is 0 Å². The van der Waals surface area contributed by atoms with E-state index in [1.54, 1.807) is 7.05 Å². The van der Waals surface area contributed by atoms with Gasteiger partial charge in [-0.15, -0.1) is 0 Å². The van der Waals surface area contributed by atoms with Crippen molar-refractivity contribution in [3.8, 4) is 6.07 Å². The molecule has 0 radical (unpaired) electrons. The van der Waals surface area contributed by atoms with E-state index in [0.29, 0.717) is 0 Å². The highest BCUT2D eigenvalue weighted by atomic mass is 16.2. The van der Waals surface area contributed by atoms with Crippen LogP contribution in [-0.2, 0) is 20.5 Å². The number of aromatic nitrogens is 2. The molecule has 2 aromatic rings. The van der Waals surface area contributed by atoms with Gasteiger partial charge < -0.3 is 5.32 Å². The number of nitriles is 1. The first-order chi connectivity index (χ1) is 11.3. The molecule has 0 aliphatic rings. The minimum atomic E-state index is -0.582. The van der Waals surface area contributed by atoms with E-state index in [4.69, 9.17) is 0 Å². The number of benzene rings is 1. The van der Waals surface area contributed by atoms with E-state index >= 15 is 0 Å². The van der Waals surface area contributed by atoms with Gasteiger partial charge in [0.15, 0.2) is 5.56 Å². The molecule has 1 aromatic heterocycles. The highest BCUT2D eigenvalue weighted by molar-refractivity contribution is 5.52.